The fourth-order valence-corrected chi connectivity index (χ4v) is 3.07. The Kier molecular flexibility index (Phi) is 8.89. The molecule has 0 bridgehead atoms. The Morgan fingerprint density at radius 2 is 1.76 bits per heavy atom. The van der Waals surface area contributed by atoms with E-state index in [1.165, 1.54) is 55.6 Å². The van der Waals surface area contributed by atoms with Crippen molar-refractivity contribution in [2.75, 3.05) is 11.1 Å². The third-order valence-electron chi connectivity index (χ3n) is 2.73. The first-order valence-corrected chi connectivity index (χ1v) is 8.61. The summed E-state index contributed by atoms with van der Waals surface area (Å²) in [5, 5.41) is 5.33. The van der Waals surface area contributed by atoms with Crippen LogP contribution in [-0.4, -0.2) is 20.9 Å². The summed E-state index contributed by atoms with van der Waals surface area (Å²) in [6.45, 7) is 0. The fourth-order valence-electron chi connectivity index (χ4n) is 1.74. The molecule has 1 aromatic heterocycles. The summed E-state index contributed by atoms with van der Waals surface area (Å²) in [4.78, 5) is 1.30. The van der Waals surface area contributed by atoms with Crippen LogP contribution in [0, 0.1) is 0 Å². The van der Waals surface area contributed by atoms with Crippen molar-refractivity contribution in [3.05, 3.63) is 12.4 Å². The van der Waals surface area contributed by atoms with Crippen LogP contribution in [0.2, 0.25) is 0 Å². The maximum absolute atomic E-state index is 4.17. The van der Waals surface area contributed by atoms with E-state index in [0.29, 0.717) is 0 Å². The molecule has 0 N–H and O–H groups in total. The molecule has 0 saturated carbocycles. The minimum absolute atomic E-state index is 1.16. The fraction of sp³-hybridized carbons (Fsp3) is 0.769. The normalized spacial score (nSPS) is 10.9. The molecule has 1 aromatic rings. The second kappa shape index (κ2) is 10.0. The smallest absolute Gasteiger partial charge is 0.0625 e. The topological polar surface area (TPSA) is 17.8 Å². The Labute approximate surface area is 118 Å². The third kappa shape index (κ3) is 7.87. The number of unbranched alkanes of at least 4 members (excludes halogenated alkanes) is 6. The zero-order valence-corrected chi connectivity index (χ0v) is 13.1. The van der Waals surface area contributed by atoms with Crippen molar-refractivity contribution in [1.82, 2.24) is 9.78 Å². The van der Waals surface area contributed by atoms with Gasteiger partial charge in [0.25, 0.3) is 0 Å². The summed E-state index contributed by atoms with van der Waals surface area (Å²) in [6.07, 6.45) is 13.7. The van der Waals surface area contributed by atoms with Crippen LogP contribution in [0.1, 0.15) is 44.9 Å². The number of hydrogen-bond acceptors (Lipinski definition) is 2. The Hall–Kier alpha value is 0.0400. The summed E-state index contributed by atoms with van der Waals surface area (Å²) in [5.74, 6) is 1.23. The molecule has 0 aliphatic rings. The molecule has 2 nitrogen and oxygen atoms in total. The van der Waals surface area contributed by atoms with Gasteiger partial charge >= 0.3 is 0 Å². The van der Waals surface area contributed by atoms with E-state index in [0.717, 1.165) is 5.33 Å². The average Bonchev–Trinajstić information content (AvgIpc) is 2.73. The lowest BCUT2D eigenvalue weighted by Crippen LogP contribution is -1.84. The second-order valence-electron chi connectivity index (χ2n) is 4.36. The van der Waals surface area contributed by atoms with E-state index in [2.05, 4.69) is 27.2 Å². The number of aromatic nitrogens is 2. The third-order valence-corrected chi connectivity index (χ3v) is 4.33. The first-order valence-electron chi connectivity index (χ1n) is 6.50. The van der Waals surface area contributed by atoms with Crippen molar-refractivity contribution in [3.8, 4) is 0 Å². The van der Waals surface area contributed by atoms with Gasteiger partial charge in [-0.15, -0.1) is 11.8 Å². The second-order valence-corrected chi connectivity index (χ2v) is 6.32. The molecule has 0 fully saturated rings. The van der Waals surface area contributed by atoms with Gasteiger partial charge in [0, 0.05) is 23.5 Å². The minimum Gasteiger partial charge on any atom is -0.275 e. The largest absolute Gasteiger partial charge is 0.275 e. The predicted octanol–water partition coefficient (Wildman–Crippen LogP) is 4.64. The number of nitrogens with zero attached hydrogens (tertiary/aromatic N) is 2. The van der Waals surface area contributed by atoms with E-state index in [-0.39, 0.29) is 0 Å². The van der Waals surface area contributed by atoms with Crippen LogP contribution in [0.3, 0.4) is 0 Å². The zero-order chi connectivity index (χ0) is 12.3. The molecule has 0 aliphatic carbocycles. The van der Waals surface area contributed by atoms with Gasteiger partial charge in [-0.2, -0.15) is 5.10 Å². The van der Waals surface area contributed by atoms with Gasteiger partial charge in [0.2, 0.25) is 0 Å². The SMILES string of the molecule is Cn1cc(SCCCCCCCCCBr)cn1. The lowest BCUT2D eigenvalue weighted by atomic mass is 10.1. The minimum atomic E-state index is 1.16. The molecule has 0 saturated heterocycles. The highest BCUT2D eigenvalue weighted by Gasteiger charge is 1.97. The molecule has 98 valence electrons. The van der Waals surface area contributed by atoms with Gasteiger partial charge in [-0.3, -0.25) is 4.68 Å². The quantitative estimate of drug-likeness (QED) is 0.355. The Morgan fingerprint density at radius 3 is 2.35 bits per heavy atom. The molecular formula is C13H23BrN2S. The van der Waals surface area contributed by atoms with E-state index < -0.39 is 0 Å². The Balaban J connectivity index is 1.84. The lowest BCUT2D eigenvalue weighted by Gasteiger charge is -2.00. The van der Waals surface area contributed by atoms with Gasteiger partial charge in [-0.1, -0.05) is 48.0 Å². The summed E-state index contributed by atoms with van der Waals surface area (Å²) < 4.78 is 1.87. The van der Waals surface area contributed by atoms with Crippen molar-refractivity contribution >= 4 is 27.7 Å². The van der Waals surface area contributed by atoms with Gasteiger partial charge in [0.15, 0.2) is 0 Å². The Bertz CT molecular complexity index is 289. The van der Waals surface area contributed by atoms with E-state index in [4.69, 9.17) is 0 Å². The number of aryl methyl sites for hydroxylation is 1. The van der Waals surface area contributed by atoms with Crippen LogP contribution >= 0.6 is 27.7 Å². The first-order chi connectivity index (χ1) is 8.33. The number of halogens is 1. The molecule has 1 heterocycles. The highest BCUT2D eigenvalue weighted by atomic mass is 79.9. The maximum Gasteiger partial charge on any atom is 0.0625 e. The first kappa shape index (κ1) is 15.1. The molecule has 4 heteroatoms. The standard InChI is InChI=1S/C13H23BrN2S/c1-16-12-13(11-15-16)17-10-8-6-4-2-3-5-7-9-14/h11-12H,2-10H2,1H3. The van der Waals surface area contributed by atoms with E-state index in [1.54, 1.807) is 0 Å². The Morgan fingerprint density at radius 1 is 1.12 bits per heavy atom. The summed E-state index contributed by atoms with van der Waals surface area (Å²) in [5.41, 5.74) is 0. The van der Waals surface area contributed by atoms with Crippen LogP contribution in [0.4, 0.5) is 0 Å². The summed E-state index contributed by atoms with van der Waals surface area (Å²) >= 11 is 5.39. The van der Waals surface area contributed by atoms with Gasteiger partial charge in [0.05, 0.1) is 6.20 Å². The summed E-state index contributed by atoms with van der Waals surface area (Å²) in [6, 6.07) is 0. The van der Waals surface area contributed by atoms with Crippen molar-refractivity contribution in [2.24, 2.45) is 7.05 Å². The predicted molar refractivity (Wildman–Crippen MR) is 80.0 cm³/mol. The van der Waals surface area contributed by atoms with Crippen molar-refractivity contribution < 1.29 is 0 Å². The van der Waals surface area contributed by atoms with Gasteiger partial charge in [-0.25, -0.2) is 0 Å². The van der Waals surface area contributed by atoms with E-state index in [1.807, 2.05) is 29.7 Å². The maximum atomic E-state index is 4.17. The van der Waals surface area contributed by atoms with Crippen LogP contribution in [0.25, 0.3) is 0 Å². The number of rotatable bonds is 10. The molecule has 0 amide bonds. The molecule has 0 aliphatic heterocycles. The van der Waals surface area contributed by atoms with Crippen molar-refractivity contribution in [2.45, 2.75) is 49.8 Å². The van der Waals surface area contributed by atoms with Gasteiger partial charge in [0.1, 0.15) is 0 Å². The van der Waals surface area contributed by atoms with Crippen LogP contribution < -0.4 is 0 Å². The highest BCUT2D eigenvalue weighted by Crippen LogP contribution is 2.18. The van der Waals surface area contributed by atoms with Crippen LogP contribution in [-0.2, 0) is 7.05 Å². The van der Waals surface area contributed by atoms with Crippen molar-refractivity contribution in [1.29, 1.82) is 0 Å². The average molecular weight is 319 g/mol. The summed E-state index contributed by atoms with van der Waals surface area (Å²) in [7, 11) is 1.97. The number of alkyl halides is 1. The molecule has 17 heavy (non-hydrogen) atoms. The monoisotopic (exact) mass is 318 g/mol. The van der Waals surface area contributed by atoms with E-state index in [9.17, 15) is 0 Å². The number of hydrogen-bond donors (Lipinski definition) is 0. The van der Waals surface area contributed by atoms with Crippen LogP contribution in [0.15, 0.2) is 17.3 Å². The van der Waals surface area contributed by atoms with E-state index >= 15 is 0 Å². The number of thioether (sulfide) groups is 1. The molecule has 0 radical (unpaired) electrons. The molecule has 1 rings (SSSR count). The van der Waals surface area contributed by atoms with Gasteiger partial charge < -0.3 is 0 Å². The van der Waals surface area contributed by atoms with Crippen LogP contribution in [0.5, 0.6) is 0 Å². The molecule has 0 aromatic carbocycles. The van der Waals surface area contributed by atoms with Gasteiger partial charge in [-0.05, 0) is 18.6 Å². The molecular weight excluding hydrogens is 296 g/mol. The molecule has 0 unspecified atom stereocenters. The zero-order valence-electron chi connectivity index (χ0n) is 10.7. The van der Waals surface area contributed by atoms with Crippen molar-refractivity contribution in [3.63, 3.8) is 0 Å². The lowest BCUT2D eigenvalue weighted by molar-refractivity contribution is 0.606. The molecule has 0 atom stereocenters. The highest BCUT2D eigenvalue weighted by molar-refractivity contribution is 9.09. The molecule has 0 spiro atoms.